The number of fused-ring (bicyclic) bond motifs is 1. The van der Waals surface area contributed by atoms with Crippen LogP contribution in [0.4, 0.5) is 5.69 Å². The van der Waals surface area contributed by atoms with Gasteiger partial charge in [-0.2, -0.15) is 0 Å². The SMILES string of the molecule is CCCN(C(=O)c1ncoc1-c1ccco1)c1cccc2ccccc12. The first-order chi connectivity index (χ1) is 12.8. The van der Waals surface area contributed by atoms with Crippen molar-refractivity contribution in [1.29, 1.82) is 0 Å². The predicted molar refractivity (Wildman–Crippen MR) is 100 cm³/mol. The van der Waals surface area contributed by atoms with E-state index >= 15 is 0 Å². The first-order valence-electron chi connectivity index (χ1n) is 8.56. The summed E-state index contributed by atoms with van der Waals surface area (Å²) in [6, 6.07) is 17.5. The second kappa shape index (κ2) is 6.88. The fraction of sp³-hybridized carbons (Fsp3) is 0.143. The van der Waals surface area contributed by atoms with Crippen molar-refractivity contribution in [3.8, 4) is 11.5 Å². The Labute approximate surface area is 150 Å². The molecule has 2 aromatic carbocycles. The zero-order valence-corrected chi connectivity index (χ0v) is 14.4. The lowest BCUT2D eigenvalue weighted by Crippen LogP contribution is -2.32. The van der Waals surface area contributed by atoms with Gasteiger partial charge >= 0.3 is 0 Å². The molecule has 5 nitrogen and oxygen atoms in total. The Hall–Kier alpha value is -3.34. The smallest absolute Gasteiger partial charge is 0.281 e. The Morgan fingerprint density at radius 3 is 2.69 bits per heavy atom. The van der Waals surface area contributed by atoms with Gasteiger partial charge in [0.1, 0.15) is 0 Å². The monoisotopic (exact) mass is 346 g/mol. The molecule has 0 unspecified atom stereocenters. The highest BCUT2D eigenvalue weighted by atomic mass is 16.4. The number of rotatable bonds is 5. The quantitative estimate of drug-likeness (QED) is 0.502. The van der Waals surface area contributed by atoms with Crippen molar-refractivity contribution >= 4 is 22.4 Å². The third-order valence-corrected chi connectivity index (χ3v) is 4.26. The van der Waals surface area contributed by atoms with Gasteiger partial charge in [0.15, 0.2) is 17.8 Å². The van der Waals surface area contributed by atoms with Crippen molar-refractivity contribution < 1.29 is 13.6 Å². The molecule has 5 heteroatoms. The maximum absolute atomic E-state index is 13.3. The Kier molecular flexibility index (Phi) is 4.27. The molecule has 4 rings (SSSR count). The van der Waals surface area contributed by atoms with E-state index in [1.165, 1.54) is 6.39 Å². The largest absolute Gasteiger partial charge is 0.461 e. The summed E-state index contributed by atoms with van der Waals surface area (Å²) in [6.45, 7) is 2.62. The molecule has 0 aliphatic carbocycles. The number of aromatic nitrogens is 1. The van der Waals surface area contributed by atoms with E-state index in [1.54, 1.807) is 23.3 Å². The van der Waals surface area contributed by atoms with Crippen LogP contribution in [-0.4, -0.2) is 17.4 Å². The van der Waals surface area contributed by atoms with Gasteiger partial charge in [0, 0.05) is 11.9 Å². The fourth-order valence-corrected chi connectivity index (χ4v) is 3.11. The Balaban J connectivity index is 1.80. The molecule has 4 aromatic rings. The molecule has 0 spiro atoms. The van der Waals surface area contributed by atoms with Crippen molar-refractivity contribution in [3.05, 3.63) is 72.9 Å². The van der Waals surface area contributed by atoms with E-state index in [1.807, 2.05) is 49.4 Å². The maximum Gasteiger partial charge on any atom is 0.281 e. The van der Waals surface area contributed by atoms with Crippen molar-refractivity contribution in [2.24, 2.45) is 0 Å². The summed E-state index contributed by atoms with van der Waals surface area (Å²) in [5, 5.41) is 2.12. The average Bonchev–Trinajstić information content (AvgIpc) is 3.36. The number of oxazole rings is 1. The van der Waals surface area contributed by atoms with E-state index in [-0.39, 0.29) is 11.6 Å². The minimum atomic E-state index is -0.205. The molecule has 0 bridgehead atoms. The molecule has 0 N–H and O–H groups in total. The van der Waals surface area contributed by atoms with Crippen molar-refractivity contribution in [3.63, 3.8) is 0 Å². The van der Waals surface area contributed by atoms with E-state index in [2.05, 4.69) is 4.98 Å². The number of nitrogens with zero attached hydrogens (tertiary/aromatic N) is 2. The minimum absolute atomic E-state index is 0.205. The van der Waals surface area contributed by atoms with Crippen molar-refractivity contribution in [2.75, 3.05) is 11.4 Å². The second-order valence-corrected chi connectivity index (χ2v) is 5.96. The Bertz CT molecular complexity index is 1030. The molecule has 0 aliphatic heterocycles. The Morgan fingerprint density at radius 2 is 1.88 bits per heavy atom. The van der Waals surface area contributed by atoms with E-state index in [0.29, 0.717) is 18.1 Å². The summed E-state index contributed by atoms with van der Waals surface area (Å²) in [6.07, 6.45) is 3.64. The summed E-state index contributed by atoms with van der Waals surface area (Å²) in [4.78, 5) is 19.2. The zero-order chi connectivity index (χ0) is 17.9. The molecule has 0 aliphatic rings. The Morgan fingerprint density at radius 1 is 1.04 bits per heavy atom. The van der Waals surface area contributed by atoms with Gasteiger partial charge in [-0.3, -0.25) is 4.79 Å². The van der Waals surface area contributed by atoms with Crippen LogP contribution < -0.4 is 4.90 Å². The molecule has 0 radical (unpaired) electrons. The van der Waals surface area contributed by atoms with Gasteiger partial charge in [-0.25, -0.2) is 4.98 Å². The van der Waals surface area contributed by atoms with Gasteiger partial charge in [-0.05, 0) is 30.0 Å². The molecule has 0 atom stereocenters. The normalized spacial score (nSPS) is 11.0. The third-order valence-electron chi connectivity index (χ3n) is 4.26. The van der Waals surface area contributed by atoms with Crippen LogP contribution in [-0.2, 0) is 0 Å². The molecule has 0 saturated carbocycles. The average molecular weight is 346 g/mol. The van der Waals surface area contributed by atoms with Gasteiger partial charge in [0.25, 0.3) is 5.91 Å². The van der Waals surface area contributed by atoms with E-state index in [9.17, 15) is 4.79 Å². The second-order valence-electron chi connectivity index (χ2n) is 5.96. The van der Waals surface area contributed by atoms with Crippen molar-refractivity contribution in [1.82, 2.24) is 4.98 Å². The highest BCUT2D eigenvalue weighted by Gasteiger charge is 2.26. The lowest BCUT2D eigenvalue weighted by Gasteiger charge is -2.23. The van der Waals surface area contributed by atoms with Gasteiger partial charge in [0.2, 0.25) is 5.76 Å². The summed E-state index contributed by atoms with van der Waals surface area (Å²) in [5.41, 5.74) is 1.12. The summed E-state index contributed by atoms with van der Waals surface area (Å²) < 4.78 is 10.8. The molecule has 0 saturated heterocycles. The maximum atomic E-state index is 13.3. The molecule has 2 heterocycles. The van der Waals surface area contributed by atoms with E-state index < -0.39 is 0 Å². The lowest BCUT2D eigenvalue weighted by molar-refractivity contribution is 0.0983. The molecular formula is C21H18N2O3. The van der Waals surface area contributed by atoms with Crippen LogP contribution in [0.3, 0.4) is 0 Å². The summed E-state index contributed by atoms with van der Waals surface area (Å²) in [7, 11) is 0. The highest BCUT2D eigenvalue weighted by Crippen LogP contribution is 2.30. The molecular weight excluding hydrogens is 328 g/mol. The number of benzene rings is 2. The van der Waals surface area contributed by atoms with E-state index in [0.717, 1.165) is 22.9 Å². The van der Waals surface area contributed by atoms with Crippen LogP contribution in [0, 0.1) is 0 Å². The molecule has 0 fully saturated rings. The van der Waals surface area contributed by atoms with Gasteiger partial charge in [0.05, 0.1) is 12.0 Å². The minimum Gasteiger partial charge on any atom is -0.461 e. The van der Waals surface area contributed by atoms with Gasteiger partial charge in [-0.15, -0.1) is 0 Å². The topological polar surface area (TPSA) is 59.5 Å². The van der Waals surface area contributed by atoms with Crippen LogP contribution in [0.2, 0.25) is 0 Å². The molecule has 2 aromatic heterocycles. The number of furan rings is 1. The van der Waals surface area contributed by atoms with Crippen LogP contribution >= 0.6 is 0 Å². The summed E-state index contributed by atoms with van der Waals surface area (Å²) in [5.74, 6) is 0.630. The van der Waals surface area contributed by atoms with Crippen LogP contribution in [0.25, 0.3) is 22.3 Å². The van der Waals surface area contributed by atoms with Crippen molar-refractivity contribution in [2.45, 2.75) is 13.3 Å². The first kappa shape index (κ1) is 16.1. The number of carbonyl (C=O) groups excluding carboxylic acids is 1. The van der Waals surface area contributed by atoms with Gasteiger partial charge in [-0.1, -0.05) is 43.3 Å². The number of carbonyl (C=O) groups is 1. The predicted octanol–water partition coefficient (Wildman–Crippen LogP) is 5.14. The highest BCUT2D eigenvalue weighted by molar-refractivity contribution is 6.11. The number of anilines is 1. The van der Waals surface area contributed by atoms with Crippen LogP contribution in [0.1, 0.15) is 23.8 Å². The van der Waals surface area contributed by atoms with Crippen LogP contribution in [0.5, 0.6) is 0 Å². The zero-order valence-electron chi connectivity index (χ0n) is 14.4. The number of hydrogen-bond acceptors (Lipinski definition) is 4. The van der Waals surface area contributed by atoms with E-state index in [4.69, 9.17) is 8.83 Å². The number of hydrogen-bond donors (Lipinski definition) is 0. The molecule has 26 heavy (non-hydrogen) atoms. The molecule has 130 valence electrons. The number of amides is 1. The van der Waals surface area contributed by atoms with Crippen LogP contribution in [0.15, 0.2) is 76.1 Å². The fourth-order valence-electron chi connectivity index (χ4n) is 3.11. The standard InChI is InChI=1S/C21H18N2O3/c1-2-12-23(17-10-5-8-15-7-3-4-9-16(15)17)21(24)19-20(26-14-22-19)18-11-6-13-25-18/h3-11,13-14H,2,12H2,1H3. The lowest BCUT2D eigenvalue weighted by atomic mass is 10.1. The first-order valence-corrected chi connectivity index (χ1v) is 8.56. The van der Waals surface area contributed by atoms with Gasteiger partial charge < -0.3 is 13.7 Å². The molecule has 1 amide bonds. The third kappa shape index (κ3) is 2.77. The summed E-state index contributed by atoms with van der Waals surface area (Å²) >= 11 is 0.